The maximum atomic E-state index is 9.39. The first-order chi connectivity index (χ1) is 9.85. The molecule has 3 rings (SSSR count). The monoisotopic (exact) mass is 271 g/mol. The molecule has 0 radical (unpaired) electrons. The van der Waals surface area contributed by atoms with Crippen molar-refractivity contribution in [3.8, 4) is 0 Å². The van der Waals surface area contributed by atoms with Crippen LogP contribution in [0, 0.1) is 0 Å². The molecule has 0 aliphatic carbocycles. The Balaban J connectivity index is 1.68. The lowest BCUT2D eigenvalue weighted by molar-refractivity contribution is 0.153. The predicted molar refractivity (Wildman–Crippen MR) is 78.3 cm³/mol. The minimum absolute atomic E-state index is 0.271. The third kappa shape index (κ3) is 3.08. The van der Waals surface area contributed by atoms with Crippen LogP contribution in [-0.4, -0.2) is 39.0 Å². The van der Waals surface area contributed by atoms with Gasteiger partial charge in [-0.15, -0.1) is 0 Å². The van der Waals surface area contributed by atoms with Crippen molar-refractivity contribution < 1.29 is 5.11 Å². The molecule has 1 aliphatic rings. The molecule has 0 bridgehead atoms. The second kappa shape index (κ2) is 6.20. The molecule has 1 aromatic heterocycles. The summed E-state index contributed by atoms with van der Waals surface area (Å²) in [4.78, 5) is 2.38. The van der Waals surface area contributed by atoms with Gasteiger partial charge in [0.1, 0.15) is 0 Å². The van der Waals surface area contributed by atoms with Gasteiger partial charge in [0.25, 0.3) is 0 Å². The molecule has 1 aliphatic heterocycles. The quantitative estimate of drug-likeness (QED) is 0.903. The van der Waals surface area contributed by atoms with Crippen LogP contribution >= 0.6 is 0 Å². The fourth-order valence-corrected chi connectivity index (χ4v) is 2.95. The van der Waals surface area contributed by atoms with Gasteiger partial charge in [0.2, 0.25) is 0 Å². The Kier molecular flexibility index (Phi) is 4.14. The highest BCUT2D eigenvalue weighted by molar-refractivity contribution is 5.23. The number of likely N-dealkylation sites (tertiary alicyclic amines) is 1. The van der Waals surface area contributed by atoms with E-state index in [9.17, 15) is 5.11 Å². The normalized spacial score (nSPS) is 19.6. The lowest BCUT2D eigenvalue weighted by atomic mass is 10.1. The topological polar surface area (TPSA) is 41.3 Å². The Bertz CT molecular complexity index is 538. The Morgan fingerprint density at radius 3 is 2.80 bits per heavy atom. The van der Waals surface area contributed by atoms with Gasteiger partial charge in [-0.05, 0) is 36.6 Å². The van der Waals surface area contributed by atoms with Crippen LogP contribution in [0.4, 0.5) is 0 Å². The van der Waals surface area contributed by atoms with Crippen LogP contribution in [-0.2, 0) is 13.1 Å². The van der Waals surface area contributed by atoms with Crippen LogP contribution in [0.1, 0.15) is 24.0 Å². The minimum Gasteiger partial charge on any atom is -0.395 e. The first-order valence-corrected chi connectivity index (χ1v) is 7.25. The summed E-state index contributed by atoms with van der Waals surface area (Å²) in [6.07, 6.45) is 6.09. The zero-order chi connectivity index (χ0) is 13.8. The SMILES string of the molecule is OC[C@@H]1CCCN1Cc1cccc(Cn2cccn2)c1. The molecule has 0 unspecified atom stereocenters. The summed E-state index contributed by atoms with van der Waals surface area (Å²) in [5, 5.41) is 13.6. The summed E-state index contributed by atoms with van der Waals surface area (Å²) in [6.45, 7) is 3.10. The van der Waals surface area contributed by atoms with Crippen molar-refractivity contribution in [3.63, 3.8) is 0 Å². The van der Waals surface area contributed by atoms with Gasteiger partial charge < -0.3 is 5.11 Å². The predicted octanol–water partition coefficient (Wildman–Crippen LogP) is 1.89. The van der Waals surface area contributed by atoms with E-state index in [0.29, 0.717) is 6.04 Å². The van der Waals surface area contributed by atoms with Crippen molar-refractivity contribution >= 4 is 0 Å². The van der Waals surface area contributed by atoms with E-state index in [1.165, 1.54) is 17.5 Å². The molecule has 4 nitrogen and oxygen atoms in total. The molecule has 4 heteroatoms. The van der Waals surface area contributed by atoms with E-state index in [2.05, 4.69) is 34.3 Å². The van der Waals surface area contributed by atoms with Gasteiger partial charge in [-0.2, -0.15) is 5.10 Å². The molecule has 2 aromatic rings. The molecular weight excluding hydrogens is 250 g/mol. The van der Waals surface area contributed by atoms with E-state index < -0.39 is 0 Å². The highest BCUT2D eigenvalue weighted by Gasteiger charge is 2.23. The molecule has 1 N–H and O–H groups in total. The molecule has 1 fully saturated rings. The second-order valence-corrected chi connectivity index (χ2v) is 5.47. The summed E-state index contributed by atoms with van der Waals surface area (Å²) in [5.74, 6) is 0. The average molecular weight is 271 g/mol. The van der Waals surface area contributed by atoms with Gasteiger partial charge in [-0.3, -0.25) is 9.58 Å². The maximum absolute atomic E-state index is 9.39. The zero-order valence-corrected chi connectivity index (χ0v) is 11.7. The Labute approximate surface area is 119 Å². The molecule has 106 valence electrons. The third-order valence-electron chi connectivity index (χ3n) is 3.99. The molecular formula is C16H21N3O. The van der Waals surface area contributed by atoms with E-state index in [1.54, 1.807) is 6.20 Å². The van der Waals surface area contributed by atoms with Crippen molar-refractivity contribution in [1.29, 1.82) is 0 Å². The van der Waals surface area contributed by atoms with Crippen LogP contribution in [0.5, 0.6) is 0 Å². The summed E-state index contributed by atoms with van der Waals surface area (Å²) in [5.41, 5.74) is 2.58. The van der Waals surface area contributed by atoms with Gasteiger partial charge in [0.05, 0.1) is 13.2 Å². The largest absolute Gasteiger partial charge is 0.395 e. The van der Waals surface area contributed by atoms with Crippen molar-refractivity contribution in [3.05, 3.63) is 53.9 Å². The van der Waals surface area contributed by atoms with Crippen molar-refractivity contribution in [2.24, 2.45) is 0 Å². The number of rotatable bonds is 5. The number of nitrogens with zero attached hydrogens (tertiary/aromatic N) is 3. The number of hydrogen-bond donors (Lipinski definition) is 1. The fraction of sp³-hybridized carbons (Fsp3) is 0.438. The lowest BCUT2D eigenvalue weighted by Gasteiger charge is -2.22. The van der Waals surface area contributed by atoms with Crippen molar-refractivity contribution in [2.75, 3.05) is 13.2 Å². The van der Waals surface area contributed by atoms with E-state index in [0.717, 1.165) is 26.1 Å². The van der Waals surface area contributed by atoms with Gasteiger partial charge in [0.15, 0.2) is 0 Å². The molecule has 0 amide bonds. The Morgan fingerprint density at radius 1 is 1.20 bits per heavy atom. The van der Waals surface area contributed by atoms with E-state index in [-0.39, 0.29) is 6.61 Å². The first kappa shape index (κ1) is 13.3. The number of benzene rings is 1. The Morgan fingerprint density at radius 2 is 2.05 bits per heavy atom. The smallest absolute Gasteiger partial charge is 0.0659 e. The Hall–Kier alpha value is -1.65. The molecule has 1 aromatic carbocycles. The van der Waals surface area contributed by atoms with E-state index >= 15 is 0 Å². The van der Waals surface area contributed by atoms with Crippen LogP contribution in [0.2, 0.25) is 0 Å². The van der Waals surface area contributed by atoms with E-state index in [1.807, 2.05) is 16.9 Å². The summed E-state index contributed by atoms with van der Waals surface area (Å²) in [7, 11) is 0. The highest BCUT2D eigenvalue weighted by Crippen LogP contribution is 2.20. The molecule has 1 saturated heterocycles. The summed E-state index contributed by atoms with van der Waals surface area (Å²) in [6, 6.07) is 10.9. The molecule has 0 spiro atoms. The van der Waals surface area contributed by atoms with Gasteiger partial charge in [0, 0.05) is 25.0 Å². The van der Waals surface area contributed by atoms with Crippen LogP contribution in [0.15, 0.2) is 42.7 Å². The average Bonchev–Trinajstić information content (AvgIpc) is 3.10. The van der Waals surface area contributed by atoms with Gasteiger partial charge in [-0.1, -0.05) is 24.3 Å². The van der Waals surface area contributed by atoms with Crippen molar-refractivity contribution in [1.82, 2.24) is 14.7 Å². The fourth-order valence-electron chi connectivity index (χ4n) is 2.95. The zero-order valence-electron chi connectivity index (χ0n) is 11.7. The van der Waals surface area contributed by atoms with Gasteiger partial charge in [-0.25, -0.2) is 0 Å². The summed E-state index contributed by atoms with van der Waals surface area (Å²) >= 11 is 0. The second-order valence-electron chi connectivity index (χ2n) is 5.47. The number of aliphatic hydroxyl groups is 1. The van der Waals surface area contributed by atoms with Crippen molar-refractivity contribution in [2.45, 2.75) is 32.0 Å². The third-order valence-corrected chi connectivity index (χ3v) is 3.99. The molecule has 2 heterocycles. The summed E-state index contributed by atoms with van der Waals surface area (Å²) < 4.78 is 1.94. The van der Waals surface area contributed by atoms with E-state index in [4.69, 9.17) is 0 Å². The number of aliphatic hydroxyl groups excluding tert-OH is 1. The highest BCUT2D eigenvalue weighted by atomic mass is 16.3. The maximum Gasteiger partial charge on any atom is 0.0659 e. The van der Waals surface area contributed by atoms with Crippen LogP contribution in [0.25, 0.3) is 0 Å². The first-order valence-electron chi connectivity index (χ1n) is 7.25. The standard InChI is InChI=1S/C16H21N3O/c20-13-16-6-2-8-18(16)11-14-4-1-5-15(10-14)12-19-9-3-7-17-19/h1,3-5,7,9-10,16,20H,2,6,8,11-13H2/t16-/m0/s1. The minimum atomic E-state index is 0.271. The van der Waals surface area contributed by atoms with Crippen LogP contribution < -0.4 is 0 Å². The number of aromatic nitrogens is 2. The van der Waals surface area contributed by atoms with Gasteiger partial charge >= 0.3 is 0 Å². The molecule has 20 heavy (non-hydrogen) atoms. The van der Waals surface area contributed by atoms with Crippen LogP contribution in [0.3, 0.4) is 0 Å². The lowest BCUT2D eigenvalue weighted by Crippen LogP contribution is -2.31. The molecule has 0 saturated carbocycles. The molecule has 1 atom stereocenters. The number of hydrogen-bond acceptors (Lipinski definition) is 3.